The second kappa shape index (κ2) is 8.21. The molecule has 2 heterocycles. The van der Waals surface area contributed by atoms with Crippen LogP contribution < -0.4 is 4.90 Å². The molecular weight excluding hydrogens is 379 g/mol. The minimum absolute atomic E-state index is 0.0252. The Morgan fingerprint density at radius 2 is 1.76 bits per heavy atom. The van der Waals surface area contributed by atoms with Crippen molar-refractivity contribution >= 4 is 51.9 Å². The third kappa shape index (κ3) is 4.75. The van der Waals surface area contributed by atoms with E-state index in [1.54, 1.807) is 12.1 Å². The maximum absolute atomic E-state index is 12.3. The molecule has 0 radical (unpaired) electrons. The number of hydrogen-bond donors (Lipinski definition) is 0. The molecule has 1 fully saturated rings. The third-order valence-corrected chi connectivity index (χ3v) is 5.73. The highest BCUT2D eigenvalue weighted by atomic mass is 35.5. The molecule has 132 valence electrons. The van der Waals surface area contributed by atoms with Gasteiger partial charge < -0.3 is 9.80 Å². The summed E-state index contributed by atoms with van der Waals surface area (Å²) in [6.45, 7) is 2.84. The number of rotatable bonds is 5. The highest BCUT2D eigenvalue weighted by Gasteiger charge is 2.22. The number of thiophene rings is 1. The molecule has 0 spiro atoms. The maximum Gasteiger partial charge on any atom is 0.223 e. The lowest BCUT2D eigenvalue weighted by Gasteiger charge is -2.36. The van der Waals surface area contributed by atoms with Crippen LogP contribution >= 0.6 is 34.5 Å². The molecule has 0 saturated carbocycles. The van der Waals surface area contributed by atoms with Gasteiger partial charge in [-0.15, -0.1) is 11.3 Å². The van der Waals surface area contributed by atoms with E-state index >= 15 is 0 Å². The van der Waals surface area contributed by atoms with Crippen molar-refractivity contribution in [2.75, 3.05) is 31.1 Å². The van der Waals surface area contributed by atoms with Gasteiger partial charge in [0.2, 0.25) is 5.91 Å². The van der Waals surface area contributed by atoms with Crippen LogP contribution in [0.1, 0.15) is 22.5 Å². The van der Waals surface area contributed by atoms with Gasteiger partial charge in [0.25, 0.3) is 0 Å². The molecule has 0 unspecified atom stereocenters. The maximum atomic E-state index is 12.3. The average molecular weight is 397 g/mol. The number of anilines is 1. The van der Waals surface area contributed by atoms with Crippen LogP contribution in [0, 0.1) is 0 Å². The van der Waals surface area contributed by atoms with Crippen LogP contribution in [0.25, 0.3) is 0 Å². The molecule has 1 aliphatic heterocycles. The zero-order valence-corrected chi connectivity index (χ0v) is 15.9. The minimum atomic E-state index is -0.0252. The Kier molecular flexibility index (Phi) is 5.99. The summed E-state index contributed by atoms with van der Waals surface area (Å²) in [5.74, 6) is 0.00422. The van der Waals surface area contributed by atoms with Gasteiger partial charge >= 0.3 is 0 Å². The summed E-state index contributed by atoms with van der Waals surface area (Å²) in [5.41, 5.74) is 1.07. The predicted octanol–water partition coefficient (Wildman–Crippen LogP) is 4.37. The third-order valence-electron chi connectivity index (χ3n) is 4.22. The lowest BCUT2D eigenvalue weighted by molar-refractivity contribution is -0.131. The number of nitrogens with zero attached hydrogens (tertiary/aromatic N) is 2. The molecule has 0 aliphatic carbocycles. The van der Waals surface area contributed by atoms with E-state index in [1.165, 1.54) is 11.3 Å². The van der Waals surface area contributed by atoms with Gasteiger partial charge in [0.15, 0.2) is 5.78 Å². The van der Waals surface area contributed by atoms with E-state index in [1.807, 2.05) is 29.2 Å². The van der Waals surface area contributed by atoms with Gasteiger partial charge in [-0.1, -0.05) is 29.3 Å². The number of Topliss-reactive ketones (excluding diaryl/α,β-unsaturated/α-hetero) is 1. The lowest BCUT2D eigenvalue weighted by atomic mass is 10.1. The van der Waals surface area contributed by atoms with Gasteiger partial charge in [-0.05, 0) is 30.3 Å². The molecule has 1 amide bonds. The second-order valence-corrected chi connectivity index (χ2v) is 8.03. The smallest absolute Gasteiger partial charge is 0.223 e. The van der Waals surface area contributed by atoms with Crippen LogP contribution in [0.4, 0.5) is 5.69 Å². The van der Waals surface area contributed by atoms with Crippen molar-refractivity contribution in [2.45, 2.75) is 12.8 Å². The van der Waals surface area contributed by atoms with Crippen molar-refractivity contribution < 1.29 is 9.59 Å². The lowest BCUT2D eigenvalue weighted by Crippen LogP contribution is -2.48. The second-order valence-electron chi connectivity index (χ2n) is 5.87. The summed E-state index contributed by atoms with van der Waals surface area (Å²) in [6.07, 6.45) is 0.468. The first-order valence-electron chi connectivity index (χ1n) is 8.10. The monoisotopic (exact) mass is 396 g/mol. The fourth-order valence-electron chi connectivity index (χ4n) is 2.85. The topological polar surface area (TPSA) is 40.6 Å². The first kappa shape index (κ1) is 18.2. The van der Waals surface area contributed by atoms with Gasteiger partial charge in [-0.25, -0.2) is 0 Å². The Bertz CT molecular complexity index is 770. The number of carbonyl (C=O) groups excluding carboxylic acids is 2. The van der Waals surface area contributed by atoms with E-state index in [-0.39, 0.29) is 24.5 Å². The van der Waals surface area contributed by atoms with Gasteiger partial charge in [0.1, 0.15) is 0 Å². The van der Waals surface area contributed by atoms with Crippen molar-refractivity contribution in [1.82, 2.24) is 4.90 Å². The number of piperazine rings is 1. The van der Waals surface area contributed by atoms with E-state index in [9.17, 15) is 9.59 Å². The zero-order valence-electron chi connectivity index (χ0n) is 13.6. The standard InChI is InChI=1S/C18H18Cl2N2O2S/c19-13-2-1-3-14(12-13)21-8-10-22(11-9-21)18(24)7-4-15(23)16-5-6-17(20)25-16/h1-3,5-6,12H,4,7-11H2. The van der Waals surface area contributed by atoms with Crippen LogP contribution in [0.2, 0.25) is 9.36 Å². The molecule has 7 heteroatoms. The fraction of sp³-hybridized carbons (Fsp3) is 0.333. The minimum Gasteiger partial charge on any atom is -0.368 e. The summed E-state index contributed by atoms with van der Waals surface area (Å²) in [6, 6.07) is 11.2. The van der Waals surface area contributed by atoms with E-state index in [2.05, 4.69) is 4.90 Å². The number of carbonyl (C=O) groups is 2. The molecule has 1 saturated heterocycles. The summed E-state index contributed by atoms with van der Waals surface area (Å²) in [5, 5.41) is 0.711. The fourth-order valence-corrected chi connectivity index (χ4v) is 4.05. The average Bonchev–Trinajstić information content (AvgIpc) is 3.06. The number of benzene rings is 1. The van der Waals surface area contributed by atoms with Crippen LogP contribution in [0.5, 0.6) is 0 Å². The predicted molar refractivity (Wildman–Crippen MR) is 103 cm³/mol. The molecule has 1 aromatic heterocycles. The SMILES string of the molecule is O=C(CCC(=O)N1CCN(c2cccc(Cl)c2)CC1)c1ccc(Cl)s1. The van der Waals surface area contributed by atoms with Crippen molar-refractivity contribution in [3.05, 3.63) is 50.6 Å². The summed E-state index contributed by atoms with van der Waals surface area (Å²) >= 11 is 13.1. The van der Waals surface area contributed by atoms with Crippen LogP contribution in [0.3, 0.4) is 0 Å². The van der Waals surface area contributed by atoms with E-state index in [4.69, 9.17) is 23.2 Å². The summed E-state index contributed by atoms with van der Waals surface area (Å²) in [4.78, 5) is 29.1. The Morgan fingerprint density at radius 3 is 2.40 bits per heavy atom. The van der Waals surface area contributed by atoms with Gasteiger partial charge in [-0.3, -0.25) is 9.59 Å². The normalized spacial score (nSPS) is 14.6. The highest BCUT2D eigenvalue weighted by Crippen LogP contribution is 2.24. The van der Waals surface area contributed by atoms with Crippen molar-refractivity contribution in [2.24, 2.45) is 0 Å². The Morgan fingerprint density at radius 1 is 1.00 bits per heavy atom. The molecule has 1 aromatic carbocycles. The van der Waals surface area contributed by atoms with E-state index < -0.39 is 0 Å². The van der Waals surface area contributed by atoms with Gasteiger partial charge in [0.05, 0.1) is 9.21 Å². The molecule has 3 rings (SSSR count). The molecule has 4 nitrogen and oxygen atoms in total. The zero-order chi connectivity index (χ0) is 17.8. The van der Waals surface area contributed by atoms with E-state index in [0.717, 1.165) is 18.8 Å². The largest absolute Gasteiger partial charge is 0.368 e. The number of ketones is 1. The molecule has 1 aliphatic rings. The summed E-state index contributed by atoms with van der Waals surface area (Å²) < 4.78 is 0.590. The first-order valence-corrected chi connectivity index (χ1v) is 9.67. The van der Waals surface area contributed by atoms with Gasteiger partial charge in [-0.2, -0.15) is 0 Å². The van der Waals surface area contributed by atoms with Crippen LogP contribution in [-0.4, -0.2) is 42.8 Å². The van der Waals surface area contributed by atoms with Crippen LogP contribution in [0.15, 0.2) is 36.4 Å². The molecule has 0 N–H and O–H groups in total. The Labute approximate surface area is 160 Å². The first-order chi connectivity index (χ1) is 12.0. The van der Waals surface area contributed by atoms with Crippen LogP contribution in [-0.2, 0) is 4.79 Å². The Balaban J connectivity index is 1.47. The number of halogens is 2. The van der Waals surface area contributed by atoms with Crippen molar-refractivity contribution in [1.29, 1.82) is 0 Å². The molecule has 2 aromatic rings. The molecule has 0 bridgehead atoms. The molecular formula is C18H18Cl2N2O2S. The molecule has 0 atom stereocenters. The number of amides is 1. The summed E-state index contributed by atoms with van der Waals surface area (Å²) in [7, 11) is 0. The van der Waals surface area contributed by atoms with E-state index in [0.29, 0.717) is 27.3 Å². The number of hydrogen-bond acceptors (Lipinski definition) is 4. The highest BCUT2D eigenvalue weighted by molar-refractivity contribution is 7.18. The Hall–Kier alpha value is -1.56. The quantitative estimate of drug-likeness (QED) is 0.704. The van der Waals surface area contributed by atoms with Crippen molar-refractivity contribution in [3.63, 3.8) is 0 Å². The molecule has 25 heavy (non-hydrogen) atoms. The van der Waals surface area contributed by atoms with Crippen molar-refractivity contribution in [3.8, 4) is 0 Å². The van der Waals surface area contributed by atoms with Gasteiger partial charge in [0, 0.05) is 49.7 Å².